The van der Waals surface area contributed by atoms with Gasteiger partial charge in [0.05, 0.1) is 21.8 Å². The molecular weight excluding hydrogens is 444 g/mol. The number of anilines is 1. The number of hydrogen-bond acceptors (Lipinski definition) is 4. The van der Waals surface area contributed by atoms with Crippen molar-refractivity contribution < 1.29 is 9.63 Å². The van der Waals surface area contributed by atoms with E-state index in [4.69, 9.17) is 51.2 Å². The molecule has 28 heavy (non-hydrogen) atoms. The summed E-state index contributed by atoms with van der Waals surface area (Å²) in [6.45, 7) is 0.0681. The van der Waals surface area contributed by atoms with Crippen LogP contribution in [-0.4, -0.2) is 31.1 Å². The highest BCUT2D eigenvalue weighted by atomic mass is 35.5. The van der Waals surface area contributed by atoms with Crippen LogP contribution in [0.4, 0.5) is 5.69 Å². The van der Waals surface area contributed by atoms with Crippen LogP contribution in [-0.2, 0) is 16.2 Å². The number of amides is 1. The first-order chi connectivity index (χ1) is 13.3. The summed E-state index contributed by atoms with van der Waals surface area (Å²) in [5.74, 6) is -0.393. The van der Waals surface area contributed by atoms with Crippen molar-refractivity contribution in [1.29, 1.82) is 0 Å². The SMILES string of the molecule is CN(C)/C=C(/C=N/OCc1c(Cl)cccc1Cl)C(=O)Nc1ccc(Cl)c(Cl)c1. The lowest BCUT2D eigenvalue weighted by Crippen LogP contribution is -2.18. The first-order valence-electron chi connectivity index (χ1n) is 8.01. The minimum absolute atomic E-state index is 0.0681. The zero-order valence-electron chi connectivity index (χ0n) is 15.0. The van der Waals surface area contributed by atoms with E-state index in [1.165, 1.54) is 6.21 Å². The summed E-state index contributed by atoms with van der Waals surface area (Å²) in [5, 5.41) is 8.27. The number of nitrogens with zero attached hydrogens (tertiary/aromatic N) is 2. The molecule has 0 saturated carbocycles. The Morgan fingerprint density at radius 2 is 1.75 bits per heavy atom. The van der Waals surface area contributed by atoms with Gasteiger partial charge in [0.2, 0.25) is 0 Å². The van der Waals surface area contributed by atoms with Crippen LogP contribution in [0.5, 0.6) is 0 Å². The van der Waals surface area contributed by atoms with Crippen LogP contribution in [0.15, 0.2) is 53.3 Å². The third kappa shape index (κ3) is 6.60. The van der Waals surface area contributed by atoms with E-state index in [0.717, 1.165) is 0 Å². The van der Waals surface area contributed by atoms with Gasteiger partial charge in [0.1, 0.15) is 6.61 Å². The average Bonchev–Trinajstić information content (AvgIpc) is 2.62. The molecule has 148 valence electrons. The van der Waals surface area contributed by atoms with Gasteiger partial charge in [0, 0.05) is 41.6 Å². The van der Waals surface area contributed by atoms with Crippen LogP contribution in [0.3, 0.4) is 0 Å². The molecule has 1 amide bonds. The normalized spacial score (nSPS) is 11.6. The lowest BCUT2D eigenvalue weighted by Gasteiger charge is -2.10. The van der Waals surface area contributed by atoms with Crippen molar-refractivity contribution in [2.45, 2.75) is 6.61 Å². The van der Waals surface area contributed by atoms with Crippen LogP contribution >= 0.6 is 46.4 Å². The van der Waals surface area contributed by atoms with Crippen LogP contribution < -0.4 is 5.32 Å². The van der Waals surface area contributed by atoms with Crippen molar-refractivity contribution >= 4 is 64.2 Å². The Kier molecular flexibility index (Phi) is 8.45. The van der Waals surface area contributed by atoms with Crippen molar-refractivity contribution in [1.82, 2.24) is 4.90 Å². The summed E-state index contributed by atoms with van der Waals surface area (Å²) < 4.78 is 0. The zero-order chi connectivity index (χ0) is 20.7. The van der Waals surface area contributed by atoms with Crippen molar-refractivity contribution in [3.8, 4) is 0 Å². The summed E-state index contributed by atoms with van der Waals surface area (Å²) in [4.78, 5) is 19.5. The predicted molar refractivity (Wildman–Crippen MR) is 117 cm³/mol. The van der Waals surface area contributed by atoms with Crippen molar-refractivity contribution in [2.24, 2.45) is 5.16 Å². The molecule has 1 N–H and O–H groups in total. The number of rotatable bonds is 7. The maximum Gasteiger partial charge on any atom is 0.258 e. The number of carbonyl (C=O) groups is 1. The molecule has 0 aromatic heterocycles. The molecule has 0 aliphatic carbocycles. The van der Waals surface area contributed by atoms with Crippen molar-refractivity contribution in [3.63, 3.8) is 0 Å². The second-order valence-corrected chi connectivity index (χ2v) is 7.47. The minimum atomic E-state index is -0.393. The molecule has 9 heteroatoms. The number of halogens is 4. The molecule has 0 unspecified atom stereocenters. The van der Waals surface area contributed by atoms with E-state index in [1.807, 2.05) is 0 Å². The van der Waals surface area contributed by atoms with Gasteiger partial charge in [-0.15, -0.1) is 0 Å². The molecule has 0 spiro atoms. The van der Waals surface area contributed by atoms with Gasteiger partial charge < -0.3 is 15.1 Å². The fourth-order valence-corrected chi connectivity index (χ4v) is 2.88. The molecule has 0 aliphatic rings. The van der Waals surface area contributed by atoms with Gasteiger partial charge in [-0.1, -0.05) is 57.6 Å². The molecule has 0 aliphatic heterocycles. The first kappa shape index (κ1) is 22.4. The monoisotopic (exact) mass is 459 g/mol. The van der Waals surface area contributed by atoms with E-state index in [0.29, 0.717) is 31.3 Å². The molecule has 0 bridgehead atoms. The van der Waals surface area contributed by atoms with Gasteiger partial charge in [-0.2, -0.15) is 0 Å². The highest BCUT2D eigenvalue weighted by Crippen LogP contribution is 2.26. The van der Waals surface area contributed by atoms with Gasteiger partial charge in [-0.05, 0) is 30.3 Å². The van der Waals surface area contributed by atoms with E-state index in [9.17, 15) is 4.79 Å². The molecule has 5 nitrogen and oxygen atoms in total. The fraction of sp³-hybridized carbons (Fsp3) is 0.158. The Morgan fingerprint density at radius 3 is 2.36 bits per heavy atom. The lowest BCUT2D eigenvalue weighted by atomic mass is 10.2. The van der Waals surface area contributed by atoms with Crippen molar-refractivity contribution in [3.05, 3.63) is 73.8 Å². The third-order valence-corrected chi connectivity index (χ3v) is 4.82. The van der Waals surface area contributed by atoms with Crippen LogP contribution in [0, 0.1) is 0 Å². The Labute approximate surface area is 183 Å². The summed E-state index contributed by atoms with van der Waals surface area (Å²) in [6, 6.07) is 9.95. The topological polar surface area (TPSA) is 53.9 Å². The summed E-state index contributed by atoms with van der Waals surface area (Å²) in [5.41, 5.74) is 1.38. The smallest absolute Gasteiger partial charge is 0.258 e. The highest BCUT2D eigenvalue weighted by Gasteiger charge is 2.10. The summed E-state index contributed by atoms with van der Waals surface area (Å²) >= 11 is 24.0. The minimum Gasteiger partial charge on any atom is -0.391 e. The third-order valence-electron chi connectivity index (χ3n) is 3.37. The van der Waals surface area contributed by atoms with Crippen LogP contribution in [0.2, 0.25) is 20.1 Å². The van der Waals surface area contributed by atoms with Gasteiger partial charge >= 0.3 is 0 Å². The van der Waals surface area contributed by atoms with Crippen LogP contribution in [0.1, 0.15) is 5.56 Å². The number of carbonyl (C=O) groups excluding carboxylic acids is 1. The number of benzene rings is 2. The fourth-order valence-electron chi connectivity index (χ4n) is 2.07. The lowest BCUT2D eigenvalue weighted by molar-refractivity contribution is -0.112. The van der Waals surface area contributed by atoms with Crippen molar-refractivity contribution in [2.75, 3.05) is 19.4 Å². The number of hydrogen-bond donors (Lipinski definition) is 1. The second-order valence-electron chi connectivity index (χ2n) is 5.84. The Bertz CT molecular complexity index is 894. The largest absolute Gasteiger partial charge is 0.391 e. The van der Waals surface area contributed by atoms with E-state index in [1.54, 1.807) is 61.6 Å². The second kappa shape index (κ2) is 10.6. The quantitative estimate of drug-likeness (QED) is 0.318. The van der Waals surface area contributed by atoms with E-state index in [-0.39, 0.29) is 12.2 Å². The maximum atomic E-state index is 12.5. The highest BCUT2D eigenvalue weighted by molar-refractivity contribution is 6.42. The van der Waals surface area contributed by atoms with Gasteiger partial charge in [-0.3, -0.25) is 4.79 Å². The summed E-state index contributed by atoms with van der Waals surface area (Å²) in [6.07, 6.45) is 2.90. The Morgan fingerprint density at radius 1 is 1.07 bits per heavy atom. The standard InChI is InChI=1S/C19H17Cl4N3O2/c1-26(2)10-12(19(27)25-13-6-7-17(22)18(23)8-13)9-24-28-11-14-15(20)4-3-5-16(14)21/h3-10H,11H2,1-2H3,(H,25,27)/b12-10-,24-9+. The molecular formula is C19H17Cl4N3O2. The Hall–Kier alpha value is -1.92. The van der Waals surface area contributed by atoms with E-state index < -0.39 is 5.91 Å². The van der Waals surface area contributed by atoms with Gasteiger partial charge in [0.15, 0.2) is 0 Å². The van der Waals surface area contributed by atoms with Gasteiger partial charge in [0.25, 0.3) is 5.91 Å². The molecule has 0 atom stereocenters. The molecule has 0 saturated heterocycles. The summed E-state index contributed by atoms with van der Waals surface area (Å²) in [7, 11) is 3.56. The first-order valence-corrected chi connectivity index (χ1v) is 9.52. The average molecular weight is 461 g/mol. The molecule has 0 radical (unpaired) electrons. The van der Waals surface area contributed by atoms with Gasteiger partial charge in [-0.25, -0.2) is 0 Å². The molecule has 2 aromatic carbocycles. The molecule has 0 heterocycles. The molecule has 0 fully saturated rings. The van der Waals surface area contributed by atoms with Crippen LogP contribution in [0.25, 0.3) is 0 Å². The van der Waals surface area contributed by atoms with E-state index >= 15 is 0 Å². The molecule has 2 aromatic rings. The maximum absolute atomic E-state index is 12.5. The zero-order valence-corrected chi connectivity index (χ0v) is 18.1. The predicted octanol–water partition coefficient (Wildman–Crippen LogP) is 5.89. The Balaban J connectivity index is 2.07. The number of nitrogens with one attached hydrogen (secondary N) is 1. The molecule has 2 rings (SSSR count). The van der Waals surface area contributed by atoms with E-state index in [2.05, 4.69) is 10.5 Å². The number of oxime groups is 1.